The molecule has 462 valence electrons. The van der Waals surface area contributed by atoms with Crippen LogP contribution in [0, 0.1) is 0 Å². The lowest BCUT2D eigenvalue weighted by Crippen LogP contribution is -2.62. The third-order valence-corrected chi connectivity index (χ3v) is 11.9. The maximum Gasteiger partial charge on any atom is 0.328 e. The lowest BCUT2D eigenvalue weighted by Gasteiger charge is -2.29. The first-order valence-corrected chi connectivity index (χ1v) is 26.4. The number of nitrogens with zero attached hydrogens (tertiary/aromatic N) is 2. The van der Waals surface area contributed by atoms with Gasteiger partial charge in [-0.05, 0) is 118 Å². The van der Waals surface area contributed by atoms with Gasteiger partial charge in [0.2, 0.25) is 59.1 Å². The highest BCUT2D eigenvalue weighted by molar-refractivity contribution is 5.99. The molecule has 28 N–H and O–H groups in total. The minimum absolute atomic E-state index is 0.0125. The first kappa shape index (κ1) is 73.5. The quantitative estimate of drug-likeness (QED) is 0.0153. The Hall–Kier alpha value is -7.53. The van der Waals surface area contributed by atoms with Gasteiger partial charge in [0, 0.05) is 19.5 Å². The number of guanidine groups is 2. The monoisotopic (exact) mass is 1160 g/mol. The van der Waals surface area contributed by atoms with Crippen molar-refractivity contribution in [2.45, 2.75) is 177 Å². The number of nitrogens with two attached hydrogens (primary N) is 7. The molecule has 0 radical (unpaired) electrons. The Balaban J connectivity index is 6.68. The van der Waals surface area contributed by atoms with E-state index in [1.165, 1.54) is 20.8 Å². The van der Waals surface area contributed by atoms with Crippen LogP contribution in [0.5, 0.6) is 0 Å². The topological polar surface area (TPSA) is 596 Å². The van der Waals surface area contributed by atoms with Gasteiger partial charge in [0.25, 0.3) is 0 Å². The number of carbonyl (C=O) groups is 11. The molecule has 0 spiro atoms. The number of hydrogen-bond acceptors (Lipinski definition) is 19. The molecule has 0 aromatic heterocycles. The van der Waals surface area contributed by atoms with E-state index in [-0.39, 0.29) is 76.5 Å². The molecule has 10 amide bonds. The minimum Gasteiger partial charge on any atom is -0.480 e. The molecule has 0 saturated carbocycles. The van der Waals surface area contributed by atoms with Crippen LogP contribution in [0.2, 0.25) is 0 Å². The van der Waals surface area contributed by atoms with Crippen molar-refractivity contribution in [2.24, 2.45) is 50.1 Å². The third kappa shape index (κ3) is 30.6. The van der Waals surface area contributed by atoms with Crippen LogP contribution in [-0.2, 0) is 52.7 Å². The van der Waals surface area contributed by atoms with Crippen LogP contribution in [0.15, 0.2) is 9.98 Å². The van der Waals surface area contributed by atoms with Crippen molar-refractivity contribution in [1.82, 2.24) is 53.2 Å². The Bertz CT molecular complexity index is 2130. The van der Waals surface area contributed by atoms with Gasteiger partial charge in [-0.1, -0.05) is 0 Å². The molecule has 0 unspecified atom stereocenters. The molecule has 0 aromatic rings. The fraction of sp³-hybridized carbons (Fsp3) is 0.723. The van der Waals surface area contributed by atoms with E-state index in [1.54, 1.807) is 7.05 Å². The van der Waals surface area contributed by atoms with Crippen LogP contribution in [-0.4, -0.2) is 210 Å². The maximum atomic E-state index is 14.1. The Kier molecular flexibility index (Phi) is 36.1. The molecule has 0 bridgehead atoms. The van der Waals surface area contributed by atoms with Crippen molar-refractivity contribution in [2.75, 3.05) is 39.8 Å². The standard InChI is InChI=1S/C47H89N19O15/c1-23(49)36(71)59-30(15-11-21-57-47(53)54)41(76)66-35(26(4)69)44(79)63-28(13-7-9-19-55-5)38(73)62-31(16-17-33(50)70)42(77)65-34(25(3)68)43(78)58-24(2)37(72)60-29(14-10-20-56-46(51)52)39(74)61-27(12-6-8-18-48)40(75)64-32(22-67)45(80)81/h23-32,34-35,55,67-69H,6-22,48-49H2,1-5H3,(H2,50,70)(H,58,78)(H,59,71)(H,60,72)(H,61,74)(H,62,73)(H,63,79)(H,64,75)(H,65,77)(H,66,76)(H,80,81)(H4,51,52,56)(H4,53,54,57)/t23-,24-,25+,26+,27-,28-,29-,30-,31-,32-,34-,35-/m0/s1. The van der Waals surface area contributed by atoms with Crippen molar-refractivity contribution in [3.8, 4) is 0 Å². The van der Waals surface area contributed by atoms with E-state index in [1.807, 2.05) is 0 Å². The number of rotatable bonds is 42. The molecule has 0 fully saturated rings. The zero-order valence-electron chi connectivity index (χ0n) is 46.7. The number of carboxylic acid groups (broad SMARTS) is 1. The van der Waals surface area contributed by atoms with Crippen molar-refractivity contribution in [3.63, 3.8) is 0 Å². The number of amides is 10. The first-order chi connectivity index (χ1) is 38.0. The van der Waals surface area contributed by atoms with Gasteiger partial charge in [-0.2, -0.15) is 0 Å². The van der Waals surface area contributed by atoms with E-state index in [2.05, 4.69) is 63.2 Å². The SMILES string of the molecule is CNCCCC[C@H](NC(=O)[C@@H](NC(=O)[C@H](CCCN=C(N)N)NC(=O)[C@H](C)N)[C@@H](C)O)C(=O)N[C@@H](CCC(N)=O)C(=O)N[C@H](C(=O)N[C@@H](C)C(=O)N[C@@H](CCCN=C(N)N)C(=O)N[C@@H](CCCCN)C(=O)N[C@@H](CO)C(=O)O)[C@@H](C)O. The summed E-state index contributed by atoms with van der Waals surface area (Å²) >= 11 is 0. The summed E-state index contributed by atoms with van der Waals surface area (Å²) in [5.74, 6) is -11.8. The van der Waals surface area contributed by atoms with Crippen LogP contribution in [0.1, 0.15) is 105 Å². The van der Waals surface area contributed by atoms with E-state index in [4.69, 9.17) is 40.1 Å². The summed E-state index contributed by atoms with van der Waals surface area (Å²) < 4.78 is 0. The predicted octanol–water partition coefficient (Wildman–Crippen LogP) is -9.55. The fourth-order valence-corrected chi connectivity index (χ4v) is 7.33. The van der Waals surface area contributed by atoms with E-state index >= 15 is 0 Å². The normalized spacial score (nSPS) is 15.4. The summed E-state index contributed by atoms with van der Waals surface area (Å²) in [7, 11) is 1.68. The average molecular weight is 1160 g/mol. The molecule has 0 aromatic carbocycles. The second-order valence-electron chi connectivity index (χ2n) is 19.1. The highest BCUT2D eigenvalue weighted by Crippen LogP contribution is 2.10. The van der Waals surface area contributed by atoms with Gasteiger partial charge in [0.1, 0.15) is 54.4 Å². The molecule has 34 heteroatoms. The lowest BCUT2D eigenvalue weighted by atomic mass is 10.0. The summed E-state index contributed by atoms with van der Waals surface area (Å²) in [5.41, 5.74) is 38.3. The highest BCUT2D eigenvalue weighted by Gasteiger charge is 2.37. The summed E-state index contributed by atoms with van der Waals surface area (Å²) in [6, 6.07) is -15.1. The second-order valence-corrected chi connectivity index (χ2v) is 19.1. The van der Waals surface area contributed by atoms with Gasteiger partial charge in [0.15, 0.2) is 11.9 Å². The number of carbonyl (C=O) groups excluding carboxylic acids is 10. The van der Waals surface area contributed by atoms with Gasteiger partial charge in [-0.15, -0.1) is 0 Å². The van der Waals surface area contributed by atoms with Crippen molar-refractivity contribution >= 4 is 77.0 Å². The van der Waals surface area contributed by atoms with Gasteiger partial charge >= 0.3 is 5.97 Å². The molecule has 0 heterocycles. The van der Waals surface area contributed by atoms with Gasteiger partial charge < -0.3 is 114 Å². The molecule has 0 aliphatic rings. The van der Waals surface area contributed by atoms with Crippen LogP contribution in [0.4, 0.5) is 0 Å². The number of aliphatic hydroxyl groups excluding tert-OH is 3. The number of aliphatic hydroxyl groups is 3. The molecular formula is C47H89N19O15. The fourth-order valence-electron chi connectivity index (χ4n) is 7.33. The highest BCUT2D eigenvalue weighted by atomic mass is 16.4. The summed E-state index contributed by atoms with van der Waals surface area (Å²) in [6.45, 7) is 4.65. The molecule has 34 nitrogen and oxygen atoms in total. The van der Waals surface area contributed by atoms with Gasteiger partial charge in [-0.3, -0.25) is 57.9 Å². The molecule has 81 heavy (non-hydrogen) atoms. The van der Waals surface area contributed by atoms with E-state index < -0.39 is 157 Å². The van der Waals surface area contributed by atoms with Crippen LogP contribution in [0.25, 0.3) is 0 Å². The van der Waals surface area contributed by atoms with Crippen molar-refractivity contribution < 1.29 is 73.2 Å². The average Bonchev–Trinajstić information content (AvgIpc) is 3.38. The largest absolute Gasteiger partial charge is 0.480 e. The van der Waals surface area contributed by atoms with Gasteiger partial charge in [-0.25, -0.2) is 4.79 Å². The smallest absolute Gasteiger partial charge is 0.328 e. The molecule has 0 aliphatic carbocycles. The van der Waals surface area contributed by atoms with Crippen LogP contribution < -0.4 is 93.3 Å². The Morgan fingerprint density at radius 3 is 1.19 bits per heavy atom. The van der Waals surface area contributed by atoms with E-state index in [0.717, 1.165) is 6.92 Å². The number of primary amides is 1. The third-order valence-electron chi connectivity index (χ3n) is 11.9. The maximum absolute atomic E-state index is 14.1. The molecular weight excluding hydrogens is 1070 g/mol. The number of hydrogen-bond donors (Lipinski definition) is 21. The minimum atomic E-state index is -1.86. The summed E-state index contributed by atoms with van der Waals surface area (Å²) in [6.07, 6.45) is -2.82. The van der Waals surface area contributed by atoms with E-state index in [9.17, 15) is 73.2 Å². The molecule has 0 rings (SSSR count). The molecule has 12 atom stereocenters. The number of aliphatic imine (C=N–C) groups is 2. The summed E-state index contributed by atoms with van der Waals surface area (Å²) in [5, 5.41) is 64.7. The van der Waals surface area contributed by atoms with Crippen LogP contribution >= 0.6 is 0 Å². The van der Waals surface area contributed by atoms with Crippen molar-refractivity contribution in [1.29, 1.82) is 0 Å². The Morgan fingerprint density at radius 1 is 0.457 bits per heavy atom. The number of carboxylic acids is 1. The zero-order chi connectivity index (χ0) is 61.9. The summed E-state index contributed by atoms with van der Waals surface area (Å²) in [4.78, 5) is 154. The van der Waals surface area contributed by atoms with Gasteiger partial charge in [0.05, 0.1) is 24.9 Å². The second kappa shape index (κ2) is 39.8. The predicted molar refractivity (Wildman–Crippen MR) is 294 cm³/mol. The van der Waals surface area contributed by atoms with Crippen LogP contribution in [0.3, 0.4) is 0 Å². The van der Waals surface area contributed by atoms with Crippen molar-refractivity contribution in [3.05, 3.63) is 0 Å². The molecule has 0 aliphatic heterocycles. The Labute approximate surface area is 469 Å². The number of nitrogens with one attached hydrogen (secondary N) is 10. The number of aliphatic carboxylic acids is 1. The molecule has 0 saturated heterocycles. The zero-order valence-corrected chi connectivity index (χ0v) is 46.7. The number of unbranched alkanes of at least 4 members (excludes halogenated alkanes) is 2. The lowest BCUT2D eigenvalue weighted by molar-refractivity contribution is -0.143. The van der Waals surface area contributed by atoms with E-state index in [0.29, 0.717) is 25.8 Å². The Morgan fingerprint density at radius 2 is 0.815 bits per heavy atom. The first-order valence-electron chi connectivity index (χ1n) is 26.4.